The van der Waals surface area contributed by atoms with Crippen LogP contribution in [0.25, 0.3) is 0 Å². The maximum absolute atomic E-state index is 5.93. The maximum atomic E-state index is 5.93. The average molecular weight is 300 g/mol. The minimum atomic E-state index is 0.780. The van der Waals surface area contributed by atoms with E-state index in [1.54, 1.807) is 0 Å². The Morgan fingerprint density at radius 3 is 2.69 bits per heavy atom. The van der Waals surface area contributed by atoms with Crippen LogP contribution < -0.4 is 0 Å². The van der Waals surface area contributed by atoms with Gasteiger partial charge in [0.1, 0.15) is 10.4 Å². The lowest BCUT2D eigenvalue weighted by Crippen LogP contribution is -2.03. The molecule has 16 heavy (non-hydrogen) atoms. The molecule has 0 unspecified atom stereocenters. The van der Waals surface area contributed by atoms with Crippen molar-refractivity contribution in [2.24, 2.45) is 0 Å². The highest BCUT2D eigenvalue weighted by atomic mass is 79.9. The van der Waals surface area contributed by atoms with Gasteiger partial charge in [0.15, 0.2) is 0 Å². The van der Waals surface area contributed by atoms with E-state index in [2.05, 4.69) is 38.5 Å². The van der Waals surface area contributed by atoms with Gasteiger partial charge in [0.2, 0.25) is 0 Å². The molecule has 0 spiro atoms. The fourth-order valence-electron chi connectivity index (χ4n) is 1.64. The lowest BCUT2D eigenvalue weighted by Gasteiger charge is -2.10. The molecule has 2 aromatic rings. The van der Waals surface area contributed by atoms with Crippen molar-refractivity contribution in [3.8, 4) is 0 Å². The topological polar surface area (TPSA) is 17.8 Å². The molecule has 0 saturated heterocycles. The Balaban J connectivity index is 2.34. The van der Waals surface area contributed by atoms with Crippen LogP contribution >= 0.6 is 27.5 Å². The molecule has 0 aliphatic rings. The van der Waals surface area contributed by atoms with Crippen molar-refractivity contribution in [1.29, 1.82) is 0 Å². The predicted octanol–water partition coefficient (Wildman–Crippen LogP) is 3.96. The third-order valence-corrected chi connectivity index (χ3v) is 3.51. The van der Waals surface area contributed by atoms with Gasteiger partial charge in [0.25, 0.3) is 0 Å². The third kappa shape index (κ3) is 2.30. The number of rotatable bonds is 2. The van der Waals surface area contributed by atoms with Crippen LogP contribution in [-0.4, -0.2) is 9.55 Å². The van der Waals surface area contributed by atoms with Crippen LogP contribution in [-0.2, 0) is 6.54 Å². The summed E-state index contributed by atoms with van der Waals surface area (Å²) in [4.78, 5) is 4.25. The Kier molecular flexibility index (Phi) is 3.36. The largest absolute Gasteiger partial charge is 0.319 e. The van der Waals surface area contributed by atoms with Crippen LogP contribution in [0.2, 0.25) is 5.02 Å². The number of imidazole rings is 1. The molecule has 0 radical (unpaired) electrons. The summed E-state index contributed by atoms with van der Waals surface area (Å²) in [7, 11) is 0. The molecular weight excluding hydrogens is 288 g/mol. The molecule has 0 saturated carbocycles. The highest BCUT2D eigenvalue weighted by Gasteiger charge is 2.06. The van der Waals surface area contributed by atoms with Crippen molar-refractivity contribution in [3.63, 3.8) is 0 Å². The van der Waals surface area contributed by atoms with Crippen LogP contribution in [0.3, 0.4) is 0 Å². The van der Waals surface area contributed by atoms with Crippen molar-refractivity contribution >= 4 is 27.5 Å². The summed E-state index contributed by atoms with van der Waals surface area (Å²) < 4.78 is 3.12. The highest BCUT2D eigenvalue weighted by molar-refractivity contribution is 9.10. The molecule has 2 nitrogen and oxygen atoms in total. The van der Waals surface area contributed by atoms with Gasteiger partial charge in [-0.05, 0) is 53.0 Å². The van der Waals surface area contributed by atoms with Gasteiger partial charge < -0.3 is 4.57 Å². The fraction of sp³-hybridized carbons (Fsp3) is 0.250. The second-order valence-corrected chi connectivity index (χ2v) is 5.03. The fourth-order valence-corrected chi connectivity index (χ4v) is 2.35. The summed E-state index contributed by atoms with van der Waals surface area (Å²) in [5.74, 6) is 1.00. The molecule has 1 heterocycles. The quantitative estimate of drug-likeness (QED) is 0.820. The van der Waals surface area contributed by atoms with Gasteiger partial charge in [-0.2, -0.15) is 0 Å². The van der Waals surface area contributed by atoms with Crippen LogP contribution in [0.1, 0.15) is 17.0 Å². The Hall–Kier alpha value is -0.800. The second kappa shape index (κ2) is 4.60. The first-order valence-corrected chi connectivity index (χ1v) is 6.17. The second-order valence-electron chi connectivity index (χ2n) is 3.79. The smallest absolute Gasteiger partial charge is 0.106 e. The molecule has 0 amide bonds. The van der Waals surface area contributed by atoms with Gasteiger partial charge in [-0.1, -0.05) is 17.7 Å². The zero-order chi connectivity index (χ0) is 11.7. The van der Waals surface area contributed by atoms with Crippen molar-refractivity contribution in [1.82, 2.24) is 9.55 Å². The molecule has 0 bridgehead atoms. The molecule has 84 valence electrons. The Labute approximate surface area is 108 Å². The van der Waals surface area contributed by atoms with Crippen molar-refractivity contribution in [2.45, 2.75) is 20.4 Å². The predicted molar refractivity (Wildman–Crippen MR) is 70.0 cm³/mol. The minimum absolute atomic E-state index is 0.780. The first-order valence-electron chi connectivity index (χ1n) is 5.00. The highest BCUT2D eigenvalue weighted by Crippen LogP contribution is 2.19. The van der Waals surface area contributed by atoms with E-state index in [1.165, 1.54) is 11.1 Å². The van der Waals surface area contributed by atoms with E-state index >= 15 is 0 Å². The lowest BCUT2D eigenvalue weighted by atomic mass is 10.1. The average Bonchev–Trinajstić information content (AvgIpc) is 2.53. The third-order valence-electron chi connectivity index (χ3n) is 2.64. The van der Waals surface area contributed by atoms with E-state index in [-0.39, 0.29) is 0 Å². The zero-order valence-electron chi connectivity index (χ0n) is 9.17. The van der Waals surface area contributed by atoms with Crippen molar-refractivity contribution in [2.75, 3.05) is 0 Å². The van der Waals surface area contributed by atoms with Gasteiger partial charge in [0.05, 0.1) is 12.7 Å². The van der Waals surface area contributed by atoms with Crippen molar-refractivity contribution < 1.29 is 0 Å². The molecule has 0 N–H and O–H groups in total. The molecule has 1 aromatic heterocycles. The standard InChI is InChI=1S/C12H12BrClN2/c1-8-5-11(14)4-3-10(8)7-16-9(2)15-6-12(16)13/h3-6H,7H2,1-2H3. The molecule has 0 atom stereocenters. The Morgan fingerprint density at radius 1 is 1.38 bits per heavy atom. The summed E-state index contributed by atoms with van der Waals surface area (Å²) in [5, 5.41) is 0.780. The SMILES string of the molecule is Cc1cc(Cl)ccc1Cn1c(Br)cnc1C. The monoisotopic (exact) mass is 298 g/mol. The van der Waals surface area contributed by atoms with Gasteiger partial charge in [0, 0.05) is 5.02 Å². The van der Waals surface area contributed by atoms with E-state index < -0.39 is 0 Å². The molecule has 2 rings (SSSR count). The number of hydrogen-bond donors (Lipinski definition) is 0. The number of nitrogens with zero attached hydrogens (tertiary/aromatic N) is 2. The van der Waals surface area contributed by atoms with E-state index in [0.29, 0.717) is 0 Å². The Morgan fingerprint density at radius 2 is 2.12 bits per heavy atom. The molecule has 4 heteroatoms. The van der Waals surface area contributed by atoms with Crippen LogP contribution in [0, 0.1) is 13.8 Å². The Bertz CT molecular complexity index is 500. The minimum Gasteiger partial charge on any atom is -0.319 e. The molecular formula is C12H12BrClN2. The summed E-state index contributed by atoms with van der Waals surface area (Å²) in [6.07, 6.45) is 1.82. The van der Waals surface area contributed by atoms with Crippen molar-refractivity contribution in [3.05, 3.63) is 51.0 Å². The van der Waals surface area contributed by atoms with Crippen LogP contribution in [0.15, 0.2) is 29.0 Å². The number of aryl methyl sites for hydroxylation is 2. The van der Waals surface area contributed by atoms with E-state index in [0.717, 1.165) is 22.0 Å². The number of aromatic nitrogens is 2. The van der Waals surface area contributed by atoms with Gasteiger partial charge in [-0.25, -0.2) is 4.98 Å². The lowest BCUT2D eigenvalue weighted by molar-refractivity contribution is 0.743. The summed E-state index contributed by atoms with van der Waals surface area (Å²) >= 11 is 9.42. The number of hydrogen-bond acceptors (Lipinski definition) is 1. The number of halogens is 2. The molecule has 0 aliphatic heterocycles. The summed E-state index contributed by atoms with van der Waals surface area (Å²) in [6, 6.07) is 5.96. The van der Waals surface area contributed by atoms with Crippen LogP contribution in [0.4, 0.5) is 0 Å². The van der Waals surface area contributed by atoms with E-state index in [4.69, 9.17) is 11.6 Å². The number of benzene rings is 1. The zero-order valence-corrected chi connectivity index (χ0v) is 11.5. The summed E-state index contributed by atoms with van der Waals surface area (Å²) in [6.45, 7) is 4.88. The first kappa shape index (κ1) is 11.7. The molecule has 1 aromatic carbocycles. The normalized spacial score (nSPS) is 10.8. The van der Waals surface area contributed by atoms with Gasteiger partial charge >= 0.3 is 0 Å². The molecule has 0 aliphatic carbocycles. The van der Waals surface area contributed by atoms with Gasteiger partial charge in [-0.15, -0.1) is 0 Å². The molecule has 0 fully saturated rings. The van der Waals surface area contributed by atoms with E-state index in [1.807, 2.05) is 25.3 Å². The van der Waals surface area contributed by atoms with Gasteiger partial charge in [-0.3, -0.25) is 0 Å². The summed E-state index contributed by atoms with van der Waals surface area (Å²) in [5.41, 5.74) is 2.46. The maximum Gasteiger partial charge on any atom is 0.106 e. The van der Waals surface area contributed by atoms with E-state index in [9.17, 15) is 0 Å². The first-order chi connectivity index (χ1) is 7.58. The van der Waals surface area contributed by atoms with Crippen LogP contribution in [0.5, 0.6) is 0 Å².